The van der Waals surface area contributed by atoms with Crippen LogP contribution in [0.15, 0.2) is 55.1 Å². The molecule has 0 spiro atoms. The van der Waals surface area contributed by atoms with Crippen LogP contribution in [0.5, 0.6) is 5.75 Å². The van der Waals surface area contributed by atoms with E-state index in [1.807, 2.05) is 0 Å². The summed E-state index contributed by atoms with van der Waals surface area (Å²) in [5, 5.41) is 4.25. The molecule has 142 valence electrons. The first-order valence-corrected chi connectivity index (χ1v) is 8.15. The summed E-state index contributed by atoms with van der Waals surface area (Å²) in [4.78, 5) is 8.18. The molecule has 0 aliphatic heterocycles. The summed E-state index contributed by atoms with van der Waals surface area (Å²) in [6, 6.07) is 6.78. The van der Waals surface area contributed by atoms with Gasteiger partial charge in [0.2, 0.25) is 0 Å². The number of ether oxygens (including phenoxy) is 1. The van der Waals surface area contributed by atoms with E-state index < -0.39 is 18.2 Å². The summed E-state index contributed by atoms with van der Waals surface area (Å²) in [5.74, 6) is -1.93. The Kier molecular flexibility index (Phi) is 4.64. The molecule has 0 radical (unpaired) electrons. The predicted octanol–water partition coefficient (Wildman–Crippen LogP) is 4.42. The summed E-state index contributed by atoms with van der Waals surface area (Å²) >= 11 is 0. The van der Waals surface area contributed by atoms with E-state index in [0.717, 1.165) is 12.1 Å². The van der Waals surface area contributed by atoms with Crippen LogP contribution < -0.4 is 4.74 Å². The number of hydrogen-bond acceptors (Lipinski definition) is 4. The maximum atomic E-state index is 13.5. The number of alkyl halides is 2. The van der Waals surface area contributed by atoms with Gasteiger partial charge in [0.25, 0.3) is 0 Å². The van der Waals surface area contributed by atoms with Gasteiger partial charge in [0.1, 0.15) is 11.3 Å². The minimum Gasteiger partial charge on any atom is -0.433 e. The van der Waals surface area contributed by atoms with Gasteiger partial charge in [-0.2, -0.15) is 13.9 Å². The van der Waals surface area contributed by atoms with Gasteiger partial charge in [-0.05, 0) is 35.4 Å². The van der Waals surface area contributed by atoms with E-state index in [0.29, 0.717) is 27.7 Å². The molecule has 0 aliphatic carbocycles. The molecule has 4 rings (SSSR count). The van der Waals surface area contributed by atoms with E-state index in [9.17, 15) is 17.6 Å². The van der Waals surface area contributed by atoms with E-state index in [-0.39, 0.29) is 12.3 Å². The van der Waals surface area contributed by atoms with E-state index in [1.54, 1.807) is 23.1 Å². The predicted molar refractivity (Wildman–Crippen MR) is 92.9 cm³/mol. The molecule has 28 heavy (non-hydrogen) atoms. The molecule has 0 N–H and O–H groups in total. The second-order valence-electron chi connectivity index (χ2n) is 5.97. The highest BCUT2D eigenvalue weighted by molar-refractivity contribution is 5.80. The van der Waals surface area contributed by atoms with Gasteiger partial charge in [-0.15, -0.1) is 0 Å². The number of hydrogen-bond donors (Lipinski definition) is 0. The van der Waals surface area contributed by atoms with E-state index in [4.69, 9.17) is 0 Å². The average molecular weight is 388 g/mol. The molecule has 0 saturated carbocycles. The first-order chi connectivity index (χ1) is 13.5. The van der Waals surface area contributed by atoms with Crippen LogP contribution in [0.1, 0.15) is 5.56 Å². The zero-order valence-corrected chi connectivity index (χ0v) is 14.2. The Balaban J connectivity index is 1.68. The molecular weight excluding hydrogens is 376 g/mol. The zero-order valence-electron chi connectivity index (χ0n) is 14.2. The second kappa shape index (κ2) is 7.26. The largest absolute Gasteiger partial charge is 0.433 e. The first kappa shape index (κ1) is 17.9. The van der Waals surface area contributed by atoms with Crippen molar-refractivity contribution in [3.05, 3.63) is 72.3 Å². The van der Waals surface area contributed by atoms with Crippen molar-refractivity contribution in [3.63, 3.8) is 0 Å². The van der Waals surface area contributed by atoms with Crippen LogP contribution in [-0.2, 0) is 6.54 Å². The van der Waals surface area contributed by atoms with E-state index >= 15 is 0 Å². The van der Waals surface area contributed by atoms with Gasteiger partial charge in [0, 0.05) is 18.0 Å². The number of nitrogens with zero attached hydrogens (tertiary/aromatic N) is 4. The molecule has 0 unspecified atom stereocenters. The summed E-state index contributed by atoms with van der Waals surface area (Å²) in [5.41, 5.74) is 2.89. The molecule has 5 nitrogen and oxygen atoms in total. The Labute approximate surface area is 156 Å². The fourth-order valence-corrected chi connectivity index (χ4v) is 2.81. The molecule has 0 saturated heterocycles. The molecule has 0 amide bonds. The lowest BCUT2D eigenvalue weighted by Gasteiger charge is -2.08. The van der Waals surface area contributed by atoms with Crippen LogP contribution in [0.25, 0.3) is 22.2 Å². The van der Waals surface area contributed by atoms with Crippen molar-refractivity contribution in [2.24, 2.45) is 0 Å². The van der Waals surface area contributed by atoms with Crippen LogP contribution in [-0.4, -0.2) is 26.4 Å². The summed E-state index contributed by atoms with van der Waals surface area (Å²) in [7, 11) is 0. The fraction of sp³-hybridized carbons (Fsp3) is 0.105. The van der Waals surface area contributed by atoms with Crippen molar-refractivity contribution in [2.75, 3.05) is 0 Å². The Morgan fingerprint density at radius 2 is 1.79 bits per heavy atom. The van der Waals surface area contributed by atoms with Gasteiger partial charge in [0.05, 0.1) is 24.5 Å². The molecule has 3 heterocycles. The Hall–Kier alpha value is -3.49. The monoisotopic (exact) mass is 388 g/mol. The van der Waals surface area contributed by atoms with Crippen molar-refractivity contribution >= 4 is 11.0 Å². The third-order valence-corrected chi connectivity index (χ3v) is 4.08. The van der Waals surface area contributed by atoms with Crippen molar-refractivity contribution in [3.8, 4) is 16.9 Å². The lowest BCUT2D eigenvalue weighted by Crippen LogP contribution is -2.05. The average Bonchev–Trinajstić information content (AvgIpc) is 3.06. The topological polar surface area (TPSA) is 52.8 Å². The lowest BCUT2D eigenvalue weighted by atomic mass is 10.1. The Morgan fingerprint density at radius 3 is 2.57 bits per heavy atom. The van der Waals surface area contributed by atoms with Crippen molar-refractivity contribution < 1.29 is 22.3 Å². The number of benzene rings is 1. The highest BCUT2D eigenvalue weighted by atomic mass is 19.3. The van der Waals surface area contributed by atoms with Gasteiger partial charge in [-0.3, -0.25) is 14.6 Å². The molecule has 0 atom stereocenters. The summed E-state index contributed by atoms with van der Waals surface area (Å²) < 4.78 is 57.4. The number of halogens is 4. The van der Waals surface area contributed by atoms with Gasteiger partial charge >= 0.3 is 6.61 Å². The standard InChI is InChI=1S/C19H12F4N4O/c20-15-2-1-12(4-16(15)21)13-5-18-17(25-7-13)9-26-27(18)10-11-3-14(8-24-6-11)28-19(22)23/h1-9,19H,10H2. The molecule has 0 fully saturated rings. The number of fused-ring (bicyclic) bond motifs is 1. The van der Waals surface area contributed by atoms with Crippen molar-refractivity contribution in [1.82, 2.24) is 19.7 Å². The maximum Gasteiger partial charge on any atom is 0.387 e. The molecule has 1 aromatic carbocycles. The molecule has 0 bridgehead atoms. The van der Waals surface area contributed by atoms with Crippen molar-refractivity contribution in [1.29, 1.82) is 0 Å². The Bertz CT molecular complexity index is 1150. The second-order valence-corrected chi connectivity index (χ2v) is 5.97. The summed E-state index contributed by atoms with van der Waals surface area (Å²) in [6.45, 7) is -2.70. The first-order valence-electron chi connectivity index (χ1n) is 8.15. The van der Waals surface area contributed by atoms with Crippen molar-refractivity contribution in [2.45, 2.75) is 13.2 Å². The van der Waals surface area contributed by atoms with Gasteiger partial charge < -0.3 is 4.74 Å². The normalized spacial score (nSPS) is 11.3. The fourth-order valence-electron chi connectivity index (χ4n) is 2.81. The van der Waals surface area contributed by atoms with Gasteiger partial charge in [-0.25, -0.2) is 8.78 Å². The SMILES string of the molecule is Fc1ccc(-c2cnc3cnn(Cc4cncc(OC(F)F)c4)c3c2)cc1F. The molecule has 3 aromatic heterocycles. The van der Waals surface area contributed by atoms with Crippen LogP contribution in [0.2, 0.25) is 0 Å². The molecule has 4 aromatic rings. The van der Waals surface area contributed by atoms with E-state index in [1.165, 1.54) is 24.5 Å². The van der Waals surface area contributed by atoms with Gasteiger partial charge in [-0.1, -0.05) is 6.07 Å². The maximum absolute atomic E-state index is 13.5. The van der Waals surface area contributed by atoms with Crippen LogP contribution >= 0.6 is 0 Å². The van der Waals surface area contributed by atoms with Gasteiger partial charge in [0.15, 0.2) is 11.6 Å². The molecular formula is C19H12F4N4O. The smallest absolute Gasteiger partial charge is 0.387 e. The Morgan fingerprint density at radius 1 is 0.929 bits per heavy atom. The number of rotatable bonds is 5. The molecule has 0 aliphatic rings. The zero-order chi connectivity index (χ0) is 19.7. The van der Waals surface area contributed by atoms with Crippen LogP contribution in [0, 0.1) is 11.6 Å². The highest BCUT2D eigenvalue weighted by Gasteiger charge is 2.11. The van der Waals surface area contributed by atoms with E-state index in [2.05, 4.69) is 19.8 Å². The summed E-state index contributed by atoms with van der Waals surface area (Å²) in [6.07, 6.45) is 5.80. The number of pyridine rings is 2. The lowest BCUT2D eigenvalue weighted by molar-refractivity contribution is -0.0501. The minimum absolute atomic E-state index is 0.0513. The minimum atomic E-state index is -2.94. The highest BCUT2D eigenvalue weighted by Crippen LogP contribution is 2.25. The quantitative estimate of drug-likeness (QED) is 0.475. The molecule has 9 heteroatoms. The third kappa shape index (κ3) is 3.64. The number of aromatic nitrogens is 4. The van der Waals surface area contributed by atoms with Crippen LogP contribution in [0.4, 0.5) is 17.6 Å². The third-order valence-electron chi connectivity index (χ3n) is 4.08. The van der Waals surface area contributed by atoms with Crippen LogP contribution in [0.3, 0.4) is 0 Å².